The lowest BCUT2D eigenvalue weighted by Crippen LogP contribution is -2.37. The molecule has 22 heavy (non-hydrogen) atoms. The molecule has 1 aliphatic carbocycles. The van der Waals surface area contributed by atoms with E-state index in [1.807, 2.05) is 20.8 Å². The van der Waals surface area contributed by atoms with Gasteiger partial charge < -0.3 is 15.4 Å². The molecular weight excluding hydrogens is 280 g/mol. The van der Waals surface area contributed by atoms with Gasteiger partial charge in [-0.1, -0.05) is 40.0 Å². The standard InChI is InChI=1S/C17H32N2O3/c1-17(2,3)16(21)19-12-10-15(20)18-11-7-13-22-14-8-5-4-6-9-14/h14H,4-13H2,1-3H3,(H,18,20)(H,19,21). The maximum atomic E-state index is 11.6. The number of carbonyl (C=O) groups excluding carboxylic acids is 2. The lowest BCUT2D eigenvalue weighted by molar-refractivity contribution is -0.128. The average Bonchev–Trinajstić information content (AvgIpc) is 2.47. The summed E-state index contributed by atoms with van der Waals surface area (Å²) < 4.78 is 5.81. The van der Waals surface area contributed by atoms with Crippen molar-refractivity contribution >= 4 is 11.8 Å². The van der Waals surface area contributed by atoms with Crippen LogP contribution < -0.4 is 10.6 Å². The van der Waals surface area contributed by atoms with Crippen LogP contribution in [-0.2, 0) is 14.3 Å². The van der Waals surface area contributed by atoms with E-state index in [-0.39, 0.29) is 11.8 Å². The largest absolute Gasteiger partial charge is 0.378 e. The van der Waals surface area contributed by atoms with Crippen LogP contribution in [0.4, 0.5) is 0 Å². The van der Waals surface area contributed by atoms with E-state index in [0.29, 0.717) is 32.2 Å². The molecule has 0 unspecified atom stereocenters. The van der Waals surface area contributed by atoms with Crippen LogP contribution in [0.25, 0.3) is 0 Å². The van der Waals surface area contributed by atoms with E-state index in [1.54, 1.807) is 0 Å². The number of amides is 2. The quantitative estimate of drug-likeness (QED) is 0.676. The summed E-state index contributed by atoms with van der Waals surface area (Å²) in [5.74, 6) is -0.0481. The third-order valence-corrected chi connectivity index (χ3v) is 3.87. The number of hydrogen-bond acceptors (Lipinski definition) is 3. The van der Waals surface area contributed by atoms with Gasteiger partial charge in [0.1, 0.15) is 0 Å². The molecule has 5 nitrogen and oxygen atoms in total. The van der Waals surface area contributed by atoms with E-state index in [0.717, 1.165) is 6.42 Å². The van der Waals surface area contributed by atoms with Gasteiger partial charge in [0.25, 0.3) is 0 Å². The van der Waals surface area contributed by atoms with Gasteiger partial charge in [-0.05, 0) is 19.3 Å². The van der Waals surface area contributed by atoms with Gasteiger partial charge in [-0.2, -0.15) is 0 Å². The second kappa shape index (κ2) is 9.82. The fraction of sp³-hybridized carbons (Fsp3) is 0.882. The highest BCUT2D eigenvalue weighted by Crippen LogP contribution is 2.20. The van der Waals surface area contributed by atoms with Crippen molar-refractivity contribution < 1.29 is 14.3 Å². The van der Waals surface area contributed by atoms with Crippen molar-refractivity contribution in [2.75, 3.05) is 19.7 Å². The number of ether oxygens (including phenoxy) is 1. The normalized spacial score (nSPS) is 16.3. The van der Waals surface area contributed by atoms with Crippen molar-refractivity contribution in [1.82, 2.24) is 10.6 Å². The minimum Gasteiger partial charge on any atom is -0.378 e. The smallest absolute Gasteiger partial charge is 0.225 e. The minimum atomic E-state index is -0.410. The first-order chi connectivity index (χ1) is 10.4. The third kappa shape index (κ3) is 8.37. The molecule has 0 bridgehead atoms. The molecule has 0 aromatic rings. The molecule has 1 aliphatic rings. The molecule has 0 spiro atoms. The van der Waals surface area contributed by atoms with Gasteiger partial charge in [-0.25, -0.2) is 0 Å². The number of rotatable bonds is 8. The van der Waals surface area contributed by atoms with Crippen LogP contribution >= 0.6 is 0 Å². The third-order valence-electron chi connectivity index (χ3n) is 3.87. The zero-order valence-electron chi connectivity index (χ0n) is 14.4. The summed E-state index contributed by atoms with van der Waals surface area (Å²) in [4.78, 5) is 23.3. The Bertz CT molecular complexity index is 344. The molecule has 2 amide bonds. The summed E-state index contributed by atoms with van der Waals surface area (Å²) in [7, 11) is 0. The molecule has 2 N–H and O–H groups in total. The van der Waals surface area contributed by atoms with Crippen LogP contribution in [0.1, 0.15) is 65.7 Å². The predicted octanol–water partition coefficient (Wildman–Crippen LogP) is 2.39. The van der Waals surface area contributed by atoms with Crippen molar-refractivity contribution in [3.8, 4) is 0 Å². The van der Waals surface area contributed by atoms with Crippen molar-refractivity contribution in [3.63, 3.8) is 0 Å². The Labute approximate surface area is 134 Å². The number of nitrogens with one attached hydrogen (secondary N) is 2. The minimum absolute atomic E-state index is 0.0214. The van der Waals surface area contributed by atoms with Gasteiger partial charge in [0.05, 0.1) is 6.10 Å². The molecule has 0 aromatic carbocycles. The Morgan fingerprint density at radius 2 is 1.73 bits per heavy atom. The summed E-state index contributed by atoms with van der Waals surface area (Å²) in [5, 5.41) is 5.64. The van der Waals surface area contributed by atoms with Gasteiger partial charge in [-0.3, -0.25) is 9.59 Å². The first-order valence-electron chi connectivity index (χ1n) is 8.56. The van der Waals surface area contributed by atoms with E-state index < -0.39 is 5.41 Å². The fourth-order valence-electron chi connectivity index (χ4n) is 2.42. The average molecular weight is 312 g/mol. The Hall–Kier alpha value is -1.10. The summed E-state index contributed by atoms with van der Waals surface area (Å²) in [6.07, 6.45) is 7.85. The van der Waals surface area contributed by atoms with Gasteiger partial charge in [0.2, 0.25) is 11.8 Å². The van der Waals surface area contributed by atoms with Crippen LogP contribution in [0, 0.1) is 5.41 Å². The van der Waals surface area contributed by atoms with E-state index in [1.165, 1.54) is 32.1 Å². The van der Waals surface area contributed by atoms with Gasteiger partial charge in [-0.15, -0.1) is 0 Å². The van der Waals surface area contributed by atoms with Crippen LogP contribution in [0.2, 0.25) is 0 Å². The predicted molar refractivity (Wildman–Crippen MR) is 87.5 cm³/mol. The Balaban J connectivity index is 1.96. The molecule has 1 rings (SSSR count). The van der Waals surface area contributed by atoms with Crippen molar-refractivity contribution in [2.45, 2.75) is 71.8 Å². The van der Waals surface area contributed by atoms with E-state index in [4.69, 9.17) is 4.74 Å². The maximum Gasteiger partial charge on any atom is 0.225 e. The highest BCUT2D eigenvalue weighted by atomic mass is 16.5. The lowest BCUT2D eigenvalue weighted by Gasteiger charge is -2.21. The SMILES string of the molecule is CC(C)(C)C(=O)NCCC(=O)NCCCOC1CCCCC1. The zero-order chi connectivity index (χ0) is 16.4. The van der Waals surface area contributed by atoms with Crippen LogP contribution in [0.3, 0.4) is 0 Å². The molecule has 0 atom stereocenters. The van der Waals surface area contributed by atoms with E-state index in [9.17, 15) is 9.59 Å². The monoisotopic (exact) mass is 312 g/mol. The molecule has 5 heteroatoms. The van der Waals surface area contributed by atoms with Gasteiger partial charge in [0.15, 0.2) is 0 Å². The van der Waals surface area contributed by atoms with E-state index in [2.05, 4.69) is 10.6 Å². The number of hydrogen-bond donors (Lipinski definition) is 2. The summed E-state index contributed by atoms with van der Waals surface area (Å²) >= 11 is 0. The first-order valence-corrected chi connectivity index (χ1v) is 8.56. The van der Waals surface area contributed by atoms with Crippen molar-refractivity contribution in [1.29, 1.82) is 0 Å². The molecule has 0 radical (unpaired) electrons. The topological polar surface area (TPSA) is 67.4 Å². The first kappa shape index (κ1) is 18.9. The molecule has 1 saturated carbocycles. The second-order valence-corrected chi connectivity index (χ2v) is 7.09. The maximum absolute atomic E-state index is 11.6. The van der Waals surface area contributed by atoms with Crippen LogP contribution in [0.5, 0.6) is 0 Å². The molecule has 128 valence electrons. The summed E-state index contributed by atoms with van der Waals surface area (Å²) in [6, 6.07) is 0. The van der Waals surface area contributed by atoms with Crippen LogP contribution in [-0.4, -0.2) is 37.6 Å². The molecule has 1 fully saturated rings. The van der Waals surface area contributed by atoms with E-state index >= 15 is 0 Å². The summed E-state index contributed by atoms with van der Waals surface area (Å²) in [5.41, 5.74) is -0.410. The highest BCUT2D eigenvalue weighted by Gasteiger charge is 2.20. The lowest BCUT2D eigenvalue weighted by atomic mass is 9.96. The van der Waals surface area contributed by atoms with Crippen molar-refractivity contribution in [3.05, 3.63) is 0 Å². The Morgan fingerprint density at radius 3 is 2.36 bits per heavy atom. The molecular formula is C17H32N2O3. The second-order valence-electron chi connectivity index (χ2n) is 7.09. The number of carbonyl (C=O) groups is 2. The van der Waals surface area contributed by atoms with Gasteiger partial charge in [0, 0.05) is 31.5 Å². The highest BCUT2D eigenvalue weighted by molar-refractivity contribution is 5.82. The molecule has 0 heterocycles. The van der Waals surface area contributed by atoms with Gasteiger partial charge >= 0.3 is 0 Å². The Morgan fingerprint density at radius 1 is 1.05 bits per heavy atom. The molecule has 0 aliphatic heterocycles. The van der Waals surface area contributed by atoms with Crippen molar-refractivity contribution in [2.24, 2.45) is 5.41 Å². The fourth-order valence-corrected chi connectivity index (χ4v) is 2.42. The molecule has 0 saturated heterocycles. The summed E-state index contributed by atoms with van der Waals surface area (Å²) in [6.45, 7) is 7.31. The van der Waals surface area contributed by atoms with Crippen LogP contribution in [0.15, 0.2) is 0 Å². The molecule has 0 aromatic heterocycles. The Kier molecular flexibility index (Phi) is 8.46. The zero-order valence-corrected chi connectivity index (χ0v) is 14.4.